The van der Waals surface area contributed by atoms with Crippen LogP contribution in [-0.4, -0.2) is 48.1 Å². The quantitative estimate of drug-likeness (QED) is 0.432. The summed E-state index contributed by atoms with van der Waals surface area (Å²) in [6, 6.07) is 3.35. The monoisotopic (exact) mass is 405 g/mol. The Morgan fingerprint density at radius 2 is 1.72 bits per heavy atom. The van der Waals surface area contributed by atoms with Crippen LogP contribution in [0.3, 0.4) is 0 Å². The minimum Gasteiger partial charge on any atom is -0.502 e. The number of ether oxygens (including phenoxy) is 2. The minimum absolute atomic E-state index is 0.0693. The lowest BCUT2D eigenvalue weighted by atomic mass is 10.1. The van der Waals surface area contributed by atoms with E-state index in [1.165, 1.54) is 32.9 Å². The molecular weight excluding hydrogens is 378 g/mol. The van der Waals surface area contributed by atoms with E-state index >= 15 is 0 Å². The summed E-state index contributed by atoms with van der Waals surface area (Å²) in [6.45, 7) is 5.41. The topological polar surface area (TPSA) is 133 Å². The van der Waals surface area contributed by atoms with Crippen molar-refractivity contribution in [2.75, 3.05) is 44.9 Å². The average molecular weight is 405 g/mol. The summed E-state index contributed by atoms with van der Waals surface area (Å²) in [5.41, 5.74) is 6.62. The number of phenolic OH excluding ortho intramolecular Hbond substituents is 1. The van der Waals surface area contributed by atoms with Crippen molar-refractivity contribution in [2.24, 2.45) is 14.1 Å². The van der Waals surface area contributed by atoms with Crippen LogP contribution >= 0.6 is 0 Å². The molecule has 0 aliphatic heterocycles. The first-order chi connectivity index (χ1) is 13.7. The summed E-state index contributed by atoms with van der Waals surface area (Å²) in [5, 5.41) is 16.2. The highest BCUT2D eigenvalue weighted by Gasteiger charge is 2.14. The number of nitrogens with two attached hydrogens (primary N) is 1. The zero-order valence-electron chi connectivity index (χ0n) is 17.0. The van der Waals surface area contributed by atoms with Gasteiger partial charge in [-0.05, 0) is 23.3 Å². The maximum Gasteiger partial charge on any atom is 0.332 e. The first-order valence-corrected chi connectivity index (χ1v) is 8.86. The summed E-state index contributed by atoms with van der Waals surface area (Å²) in [5.74, 6) is 0.609. The molecule has 10 heteroatoms. The number of aromatic nitrogens is 2. The number of rotatable bonds is 9. The molecule has 0 saturated heterocycles. The lowest BCUT2D eigenvalue weighted by Gasteiger charge is -2.15. The van der Waals surface area contributed by atoms with Crippen LogP contribution in [0.1, 0.15) is 5.56 Å². The van der Waals surface area contributed by atoms with E-state index in [0.717, 1.165) is 15.7 Å². The first kappa shape index (κ1) is 21.9. The molecule has 158 valence electrons. The van der Waals surface area contributed by atoms with Crippen LogP contribution in [0.4, 0.5) is 11.5 Å². The Bertz CT molecular complexity index is 1000. The molecule has 0 bridgehead atoms. The molecule has 1 aromatic carbocycles. The van der Waals surface area contributed by atoms with Crippen molar-refractivity contribution in [2.45, 2.75) is 0 Å². The predicted molar refractivity (Wildman–Crippen MR) is 113 cm³/mol. The maximum absolute atomic E-state index is 12.2. The molecule has 5 N–H and O–H groups in total. The van der Waals surface area contributed by atoms with E-state index in [0.29, 0.717) is 31.1 Å². The van der Waals surface area contributed by atoms with Crippen molar-refractivity contribution in [3.63, 3.8) is 0 Å². The first-order valence-electron chi connectivity index (χ1n) is 8.86. The van der Waals surface area contributed by atoms with Gasteiger partial charge in [-0.25, -0.2) is 4.79 Å². The van der Waals surface area contributed by atoms with Crippen molar-refractivity contribution in [1.29, 1.82) is 0 Å². The van der Waals surface area contributed by atoms with Crippen LogP contribution in [-0.2, 0) is 14.1 Å². The third kappa shape index (κ3) is 4.54. The van der Waals surface area contributed by atoms with Crippen LogP contribution in [0.2, 0.25) is 0 Å². The van der Waals surface area contributed by atoms with Gasteiger partial charge in [0.1, 0.15) is 11.5 Å². The lowest BCUT2D eigenvalue weighted by molar-refractivity contribution is 0.339. The predicted octanol–water partition coefficient (Wildman–Crippen LogP) is 0.104. The second kappa shape index (κ2) is 9.20. The van der Waals surface area contributed by atoms with Crippen LogP contribution < -0.4 is 37.1 Å². The van der Waals surface area contributed by atoms with Crippen molar-refractivity contribution in [3.8, 4) is 17.2 Å². The van der Waals surface area contributed by atoms with E-state index in [-0.39, 0.29) is 17.3 Å². The van der Waals surface area contributed by atoms with E-state index in [9.17, 15) is 14.7 Å². The van der Waals surface area contributed by atoms with Crippen molar-refractivity contribution >= 4 is 17.1 Å². The summed E-state index contributed by atoms with van der Waals surface area (Å²) in [7, 11) is 5.82. The number of nitrogens with zero attached hydrogens (tertiary/aromatic N) is 2. The van der Waals surface area contributed by atoms with Gasteiger partial charge in [0.2, 0.25) is 5.75 Å². The van der Waals surface area contributed by atoms with E-state index in [4.69, 9.17) is 15.2 Å². The zero-order chi connectivity index (χ0) is 21.7. The van der Waals surface area contributed by atoms with Gasteiger partial charge in [0.25, 0.3) is 5.56 Å². The van der Waals surface area contributed by atoms with Crippen molar-refractivity contribution < 1.29 is 14.6 Å². The number of nitrogen functional groups attached to an aromatic ring is 1. The highest BCUT2D eigenvalue weighted by atomic mass is 16.5. The van der Waals surface area contributed by atoms with Gasteiger partial charge in [-0.1, -0.05) is 6.58 Å². The molecule has 10 nitrogen and oxygen atoms in total. The Morgan fingerprint density at radius 3 is 2.28 bits per heavy atom. The zero-order valence-corrected chi connectivity index (χ0v) is 17.0. The molecule has 1 aromatic heterocycles. The summed E-state index contributed by atoms with van der Waals surface area (Å²) in [6.07, 6.45) is 0. The van der Waals surface area contributed by atoms with Gasteiger partial charge in [0.05, 0.1) is 14.2 Å². The normalized spacial score (nSPS) is 10.6. The van der Waals surface area contributed by atoms with E-state index < -0.39 is 11.2 Å². The fourth-order valence-electron chi connectivity index (χ4n) is 2.74. The van der Waals surface area contributed by atoms with Gasteiger partial charge >= 0.3 is 5.69 Å². The second-order valence-electron chi connectivity index (χ2n) is 6.40. The number of hydrogen-bond acceptors (Lipinski definition) is 8. The summed E-state index contributed by atoms with van der Waals surface area (Å²) < 4.78 is 12.5. The third-order valence-electron chi connectivity index (χ3n) is 4.54. The molecule has 0 radical (unpaired) electrons. The Kier molecular flexibility index (Phi) is 6.94. The Labute approximate surface area is 168 Å². The fraction of sp³-hybridized carbons (Fsp3) is 0.368. The molecule has 0 saturated carbocycles. The third-order valence-corrected chi connectivity index (χ3v) is 4.54. The van der Waals surface area contributed by atoms with Crippen LogP contribution in [0.25, 0.3) is 5.57 Å². The molecular formula is C19H27N5O5. The molecule has 0 unspecified atom stereocenters. The van der Waals surface area contributed by atoms with Gasteiger partial charge in [-0.2, -0.15) is 0 Å². The highest BCUT2D eigenvalue weighted by molar-refractivity contribution is 5.70. The minimum atomic E-state index is -0.479. The molecule has 1 heterocycles. The molecule has 29 heavy (non-hydrogen) atoms. The highest BCUT2D eigenvalue weighted by Crippen LogP contribution is 2.38. The van der Waals surface area contributed by atoms with E-state index in [1.807, 2.05) is 0 Å². The van der Waals surface area contributed by atoms with E-state index in [1.54, 1.807) is 12.1 Å². The standard InChI is InChI=1S/C19H27N5O5/c1-11(12-8-13(28-4)16(25)14(9-12)29-5)10-21-6-7-22-15-17(20)23(2)19(27)24(3)18(15)26/h8-9,21-22,25H,1,6-7,10,20H2,2-5H3. The summed E-state index contributed by atoms with van der Waals surface area (Å²) in [4.78, 5) is 24.0. The number of anilines is 2. The van der Waals surface area contributed by atoms with Crippen molar-refractivity contribution in [3.05, 3.63) is 45.1 Å². The number of hydrogen-bond donors (Lipinski definition) is 4. The second-order valence-corrected chi connectivity index (χ2v) is 6.40. The average Bonchev–Trinajstić information content (AvgIpc) is 2.72. The molecule has 0 fully saturated rings. The van der Waals surface area contributed by atoms with Crippen LogP contribution in [0, 0.1) is 0 Å². The molecule has 0 aliphatic carbocycles. The van der Waals surface area contributed by atoms with E-state index in [2.05, 4.69) is 17.2 Å². The number of methoxy groups -OCH3 is 2. The van der Waals surface area contributed by atoms with Gasteiger partial charge in [0, 0.05) is 33.7 Å². The van der Waals surface area contributed by atoms with Gasteiger partial charge in [-0.15, -0.1) is 0 Å². The van der Waals surface area contributed by atoms with Crippen LogP contribution in [0.5, 0.6) is 17.2 Å². The number of nitrogens with one attached hydrogen (secondary N) is 2. The lowest BCUT2D eigenvalue weighted by Crippen LogP contribution is -2.40. The number of aromatic hydroxyl groups is 1. The molecule has 0 atom stereocenters. The molecule has 0 aliphatic rings. The Hall–Kier alpha value is -3.40. The van der Waals surface area contributed by atoms with Gasteiger partial charge in [0.15, 0.2) is 11.5 Å². The Balaban J connectivity index is 1.96. The summed E-state index contributed by atoms with van der Waals surface area (Å²) >= 11 is 0. The number of phenols is 1. The SMILES string of the molecule is C=C(CNCCNc1c(N)n(C)c(=O)n(C)c1=O)c1cc(OC)c(O)c(OC)c1. The molecule has 0 amide bonds. The number of benzene rings is 1. The van der Waals surface area contributed by atoms with Gasteiger partial charge in [-0.3, -0.25) is 13.9 Å². The van der Waals surface area contributed by atoms with Crippen molar-refractivity contribution in [1.82, 2.24) is 14.5 Å². The molecule has 2 aromatic rings. The Morgan fingerprint density at radius 1 is 1.14 bits per heavy atom. The smallest absolute Gasteiger partial charge is 0.332 e. The van der Waals surface area contributed by atoms with Crippen LogP contribution in [0.15, 0.2) is 28.3 Å². The largest absolute Gasteiger partial charge is 0.502 e. The molecule has 0 spiro atoms. The van der Waals surface area contributed by atoms with Gasteiger partial charge < -0.3 is 30.9 Å². The fourth-order valence-corrected chi connectivity index (χ4v) is 2.74. The maximum atomic E-state index is 12.2. The molecule has 2 rings (SSSR count).